The van der Waals surface area contributed by atoms with E-state index in [-0.39, 0.29) is 63.4 Å². The van der Waals surface area contributed by atoms with Crippen LogP contribution in [0.25, 0.3) is 0 Å². The van der Waals surface area contributed by atoms with Gasteiger partial charge in [-0.05, 0) is 180 Å². The van der Waals surface area contributed by atoms with Gasteiger partial charge in [0.05, 0.1) is 6.61 Å². The van der Waals surface area contributed by atoms with Gasteiger partial charge in [-0.2, -0.15) is 0 Å². The van der Waals surface area contributed by atoms with Crippen LogP contribution in [0.5, 0.6) is 0 Å². The van der Waals surface area contributed by atoms with Crippen LogP contribution >= 0.6 is 0 Å². The summed E-state index contributed by atoms with van der Waals surface area (Å²) in [5, 5.41) is 19.5. The second-order valence-corrected chi connectivity index (χ2v) is 23.8. The number of carbonyl (C=O) groups is 4. The summed E-state index contributed by atoms with van der Waals surface area (Å²) in [6.07, 6.45) is 127. The van der Waals surface area contributed by atoms with E-state index in [0.29, 0.717) is 25.7 Å². The van der Waals surface area contributed by atoms with Crippen molar-refractivity contribution in [2.45, 2.75) is 245 Å². The largest absolute Gasteiger partial charge is 0.463 e. The van der Waals surface area contributed by atoms with Gasteiger partial charge in [0.25, 0.3) is 0 Å². The molecule has 0 fully saturated rings. The number of ether oxygens (including phenoxy) is 4. The third kappa shape index (κ3) is 86.0. The molecule has 1 unspecified atom stereocenters. The number of rotatable bonds is 64. The minimum absolute atomic E-state index is 0.148. The van der Waals surface area contributed by atoms with Crippen LogP contribution in [0.4, 0.5) is 0 Å². The van der Waals surface area contributed by atoms with Crippen LogP contribution in [-0.4, -0.2) is 72.7 Å². The van der Waals surface area contributed by atoms with Crippen molar-refractivity contribution in [1.29, 1.82) is 0 Å². The van der Waals surface area contributed by atoms with Crippen molar-refractivity contribution in [2.75, 3.05) is 26.4 Å². The first-order valence-corrected chi connectivity index (χ1v) is 38.8. The fraction of sp³-hybridized carbons (Fsp3) is 0.447. The van der Waals surface area contributed by atoms with Gasteiger partial charge in [-0.3, -0.25) is 19.2 Å². The fourth-order valence-electron chi connectivity index (χ4n) is 8.56. The Balaban J connectivity index is 0. The van der Waals surface area contributed by atoms with E-state index in [4.69, 9.17) is 18.9 Å². The second kappa shape index (κ2) is 87.0. The summed E-state index contributed by atoms with van der Waals surface area (Å²) in [6, 6.07) is 0. The van der Waals surface area contributed by atoms with Crippen molar-refractivity contribution in [3.63, 3.8) is 0 Å². The van der Waals surface area contributed by atoms with Crippen molar-refractivity contribution in [1.82, 2.24) is 0 Å². The summed E-state index contributed by atoms with van der Waals surface area (Å²) in [5.74, 6) is -1.58. The predicted octanol–water partition coefficient (Wildman–Crippen LogP) is 24.8. The van der Waals surface area contributed by atoms with Crippen LogP contribution in [0.1, 0.15) is 233 Å². The van der Waals surface area contributed by atoms with Gasteiger partial charge in [0.2, 0.25) is 0 Å². The first kappa shape index (κ1) is 97.6. The maximum absolute atomic E-state index is 12.1. The first-order valence-electron chi connectivity index (χ1n) is 38.8. The smallest absolute Gasteiger partial charge is 0.306 e. The van der Waals surface area contributed by atoms with Gasteiger partial charge in [0.15, 0.2) is 6.10 Å². The van der Waals surface area contributed by atoms with Crippen LogP contribution in [0.2, 0.25) is 0 Å². The molecular weight excluding hydrogens is 1290 g/mol. The van der Waals surface area contributed by atoms with Gasteiger partial charge in [-0.25, -0.2) is 0 Å². The van der Waals surface area contributed by atoms with Crippen molar-refractivity contribution in [3.8, 4) is 0 Å². The highest BCUT2D eigenvalue weighted by Gasteiger charge is 2.16. The molecule has 2 N–H and O–H groups in total. The van der Waals surface area contributed by atoms with Crippen molar-refractivity contribution in [2.24, 2.45) is 0 Å². The van der Waals surface area contributed by atoms with Crippen LogP contribution in [-0.2, 0) is 38.1 Å². The molecule has 0 aliphatic heterocycles. The summed E-state index contributed by atoms with van der Waals surface area (Å²) >= 11 is 0. The highest BCUT2D eigenvalue weighted by Crippen LogP contribution is 2.08. The Kier molecular flexibility index (Phi) is 81.6. The number of hydrogen-bond donors (Lipinski definition) is 2. The monoisotopic (exact) mass is 1430 g/mol. The Bertz CT molecular complexity index is 2720. The molecule has 10 nitrogen and oxygen atoms in total. The first-order chi connectivity index (χ1) is 51.2. The number of carbonyl (C=O) groups excluding carboxylic acids is 4. The Hall–Kier alpha value is -8.44. The van der Waals surface area contributed by atoms with E-state index in [1.165, 1.54) is 0 Å². The Morgan fingerprint density at radius 1 is 0.231 bits per heavy atom. The molecule has 0 saturated heterocycles. The van der Waals surface area contributed by atoms with Crippen molar-refractivity contribution in [3.05, 3.63) is 292 Å². The molecule has 0 spiro atoms. The lowest BCUT2D eigenvalue weighted by molar-refractivity contribution is -0.161. The minimum atomic E-state index is -1.04. The molecule has 0 aliphatic carbocycles. The van der Waals surface area contributed by atoms with Crippen molar-refractivity contribution < 1.29 is 48.3 Å². The normalized spacial score (nSPS) is 13.6. The third-order valence-electron chi connectivity index (χ3n) is 14.3. The summed E-state index contributed by atoms with van der Waals surface area (Å²) < 4.78 is 20.7. The molecule has 0 amide bonds. The van der Waals surface area contributed by atoms with Crippen LogP contribution < -0.4 is 0 Å². The predicted molar refractivity (Wildman–Crippen MR) is 446 cm³/mol. The SMILES string of the molecule is CC/C=C\C/C=C\C/C=C\C/C=C\C/C=C\C/C=C\CCC(=O)OCC(CO)OC(=O)CC/C=C\C/C=C\C/C=C\C/C=C\C/C=C\C/C=C\CC.CC/C=C\C/C=C\C/C=C\C/C=C\C/C=C\C/C=C\CCC(=O)OCC(O)COC(=O)CC/C=C\C/C=C\C/C=C\C/C=C\C/C=C\C/C=C\CC. The average molecular weight is 1430 g/mol. The van der Waals surface area contributed by atoms with Crippen LogP contribution in [0.3, 0.4) is 0 Å². The standard InChI is InChI=1S/2C47H68O5/c1-3-5-7-9-11-13-15-17-19-21-23-25-27-29-31-33-35-37-39-41-46(49)51-43-45(48)44-52-47(50)42-40-38-36-34-32-30-28-26-24-22-20-18-16-14-12-10-8-6-4-2;1-3-5-7-9-11-13-15-17-19-21-23-25-27-29-31-33-35-37-39-41-46(49)51-44-45(43-48)52-47(50)42-40-38-36-34-32-30-28-26-24-22-20-18-16-14-12-10-8-6-4-2/h2*5-8,11-14,17-20,23-26,29-32,35-38,45,48H,3-4,9-10,15-16,21-22,27-28,33-34,39-44H2,1-2H3/b2*7-5-,8-6-,13-11-,14-12-,19-17-,20-18-,25-23-,26-24-,31-29-,32-30-,37-35-,38-36-. The molecular formula is C94H136O10. The highest BCUT2D eigenvalue weighted by atomic mass is 16.6. The molecule has 0 saturated carbocycles. The van der Waals surface area contributed by atoms with Crippen LogP contribution in [0, 0.1) is 0 Å². The summed E-state index contributed by atoms with van der Waals surface area (Å²) in [7, 11) is 0. The Morgan fingerprint density at radius 3 is 0.558 bits per heavy atom. The molecule has 104 heavy (non-hydrogen) atoms. The molecule has 0 aliphatic rings. The van der Waals surface area contributed by atoms with Gasteiger partial charge < -0.3 is 29.2 Å². The van der Waals surface area contributed by atoms with E-state index in [1.807, 2.05) is 48.6 Å². The van der Waals surface area contributed by atoms with Gasteiger partial charge in [0.1, 0.15) is 25.9 Å². The number of hydrogen-bond acceptors (Lipinski definition) is 10. The zero-order chi connectivity index (χ0) is 75.7. The van der Waals surface area contributed by atoms with E-state index in [9.17, 15) is 29.4 Å². The van der Waals surface area contributed by atoms with Gasteiger partial charge in [-0.15, -0.1) is 0 Å². The van der Waals surface area contributed by atoms with E-state index in [0.717, 1.165) is 154 Å². The fourth-order valence-corrected chi connectivity index (χ4v) is 8.56. The molecule has 0 bridgehead atoms. The highest BCUT2D eigenvalue weighted by molar-refractivity contribution is 5.71. The number of aliphatic hydroxyl groups is 2. The molecule has 0 heterocycles. The lowest BCUT2D eigenvalue weighted by atomic mass is 10.2. The van der Waals surface area contributed by atoms with E-state index < -0.39 is 24.8 Å². The molecule has 0 aromatic carbocycles. The Labute approximate surface area is 632 Å². The molecule has 1 atom stereocenters. The van der Waals surface area contributed by atoms with Gasteiger partial charge in [-0.1, -0.05) is 319 Å². The second-order valence-electron chi connectivity index (χ2n) is 23.8. The van der Waals surface area contributed by atoms with E-state index in [1.54, 1.807) is 0 Å². The van der Waals surface area contributed by atoms with Crippen molar-refractivity contribution >= 4 is 23.9 Å². The zero-order valence-corrected chi connectivity index (χ0v) is 64.5. The van der Waals surface area contributed by atoms with Crippen LogP contribution in [0.15, 0.2) is 292 Å². The quantitative estimate of drug-likeness (QED) is 0.0343. The molecule has 0 aromatic rings. The molecule has 0 aromatic heterocycles. The molecule has 0 rings (SSSR count). The summed E-state index contributed by atoms with van der Waals surface area (Å²) in [4.78, 5) is 48.1. The molecule has 0 radical (unpaired) electrons. The van der Waals surface area contributed by atoms with E-state index >= 15 is 0 Å². The number of esters is 4. The number of allylic oxidation sites excluding steroid dienone is 48. The Morgan fingerprint density at radius 2 is 0.385 bits per heavy atom. The third-order valence-corrected chi connectivity index (χ3v) is 14.3. The lowest BCUT2D eigenvalue weighted by Gasteiger charge is -2.15. The van der Waals surface area contributed by atoms with Gasteiger partial charge in [0, 0.05) is 25.7 Å². The topological polar surface area (TPSA) is 146 Å². The lowest BCUT2D eigenvalue weighted by Crippen LogP contribution is -2.28. The summed E-state index contributed by atoms with van der Waals surface area (Å²) in [6.45, 7) is 7.65. The molecule has 572 valence electrons. The van der Waals surface area contributed by atoms with Gasteiger partial charge >= 0.3 is 23.9 Å². The molecule has 10 heteroatoms. The summed E-state index contributed by atoms with van der Waals surface area (Å²) in [5.41, 5.74) is 0. The minimum Gasteiger partial charge on any atom is -0.463 e. The number of aliphatic hydroxyl groups excluding tert-OH is 2. The van der Waals surface area contributed by atoms with E-state index in [2.05, 4.69) is 271 Å². The maximum Gasteiger partial charge on any atom is 0.306 e. The average Bonchev–Trinajstić information content (AvgIpc) is 1.15. The maximum atomic E-state index is 12.1. The zero-order valence-electron chi connectivity index (χ0n) is 64.5.